The number of carbonyl (C=O) groups excluding carboxylic acids is 1. The van der Waals surface area contributed by atoms with Gasteiger partial charge in [0.15, 0.2) is 11.6 Å². The number of aliphatic imine (C=N–C) groups is 1. The van der Waals surface area contributed by atoms with Crippen LogP contribution in [0.4, 0.5) is 0 Å². The lowest BCUT2D eigenvalue weighted by atomic mass is 10.0. The molecule has 2 aromatic rings. The molecular formula is C20H19NO2. The zero-order chi connectivity index (χ0) is 16.2. The molecule has 1 aliphatic rings. The first-order valence-corrected chi connectivity index (χ1v) is 7.74. The molecule has 0 atom stereocenters. The Morgan fingerprint density at radius 1 is 1.00 bits per heavy atom. The topological polar surface area (TPSA) is 38.7 Å². The van der Waals surface area contributed by atoms with Crippen LogP contribution in [0.25, 0.3) is 6.08 Å². The van der Waals surface area contributed by atoms with Crippen LogP contribution in [0.5, 0.6) is 0 Å². The molecule has 1 aliphatic heterocycles. The van der Waals surface area contributed by atoms with Crippen molar-refractivity contribution in [2.24, 2.45) is 4.99 Å². The molecule has 0 fully saturated rings. The fraction of sp³-hybridized carbons (Fsp3) is 0.200. The Morgan fingerprint density at radius 2 is 1.74 bits per heavy atom. The molecule has 0 radical (unpaired) electrons. The molecule has 0 saturated carbocycles. The first kappa shape index (κ1) is 15.2. The van der Waals surface area contributed by atoms with Crippen LogP contribution in [0, 0.1) is 13.8 Å². The highest BCUT2D eigenvalue weighted by molar-refractivity contribution is 6.07. The Labute approximate surface area is 136 Å². The molecule has 116 valence electrons. The fourth-order valence-electron chi connectivity index (χ4n) is 2.51. The van der Waals surface area contributed by atoms with Gasteiger partial charge >= 0.3 is 5.97 Å². The molecule has 23 heavy (non-hydrogen) atoms. The van der Waals surface area contributed by atoms with Gasteiger partial charge in [-0.1, -0.05) is 54.1 Å². The number of hydrogen-bond donors (Lipinski definition) is 0. The standard InChI is InChI=1S/C20H19NO2/c1-14-7-9-16(10-8-14)13-18-20(22)23-19(21-18)12-11-17-6-4-3-5-15(17)2/h3-10,13H,11-12H2,1-2H3/b18-13+. The zero-order valence-electron chi connectivity index (χ0n) is 13.4. The Morgan fingerprint density at radius 3 is 2.48 bits per heavy atom. The molecule has 0 aliphatic carbocycles. The normalized spacial score (nSPS) is 15.7. The zero-order valence-corrected chi connectivity index (χ0v) is 13.4. The molecule has 3 heteroatoms. The van der Waals surface area contributed by atoms with Crippen LogP contribution in [-0.4, -0.2) is 11.9 Å². The van der Waals surface area contributed by atoms with E-state index in [1.165, 1.54) is 16.7 Å². The van der Waals surface area contributed by atoms with Crippen LogP contribution in [-0.2, 0) is 16.0 Å². The van der Waals surface area contributed by atoms with Crippen molar-refractivity contribution in [3.63, 3.8) is 0 Å². The van der Waals surface area contributed by atoms with Crippen molar-refractivity contribution in [1.29, 1.82) is 0 Å². The summed E-state index contributed by atoms with van der Waals surface area (Å²) in [6, 6.07) is 16.2. The number of esters is 1. The minimum absolute atomic E-state index is 0.369. The average molecular weight is 305 g/mol. The molecule has 0 bridgehead atoms. The third-order valence-corrected chi connectivity index (χ3v) is 3.91. The molecule has 3 rings (SSSR count). The number of aryl methyl sites for hydroxylation is 3. The molecule has 1 heterocycles. The van der Waals surface area contributed by atoms with Crippen LogP contribution >= 0.6 is 0 Å². The van der Waals surface area contributed by atoms with Gasteiger partial charge in [0.25, 0.3) is 0 Å². The predicted octanol–water partition coefficient (Wildman–Crippen LogP) is 4.23. The van der Waals surface area contributed by atoms with Crippen molar-refractivity contribution in [2.75, 3.05) is 0 Å². The van der Waals surface area contributed by atoms with Crippen molar-refractivity contribution in [3.8, 4) is 0 Å². The van der Waals surface area contributed by atoms with Crippen molar-refractivity contribution >= 4 is 17.9 Å². The highest BCUT2D eigenvalue weighted by atomic mass is 16.6. The lowest BCUT2D eigenvalue weighted by Gasteiger charge is -2.04. The van der Waals surface area contributed by atoms with E-state index in [2.05, 4.69) is 24.0 Å². The van der Waals surface area contributed by atoms with Gasteiger partial charge in [-0.3, -0.25) is 0 Å². The molecule has 0 N–H and O–H groups in total. The number of rotatable bonds is 4. The van der Waals surface area contributed by atoms with Crippen molar-refractivity contribution in [3.05, 3.63) is 76.5 Å². The van der Waals surface area contributed by atoms with Gasteiger partial charge in [0.2, 0.25) is 0 Å². The summed E-state index contributed by atoms with van der Waals surface area (Å²) in [6.07, 6.45) is 3.21. The smallest absolute Gasteiger partial charge is 0.363 e. The second kappa shape index (κ2) is 6.61. The SMILES string of the molecule is Cc1ccc(/C=C2/N=C(CCc3ccccc3C)OC2=O)cc1. The van der Waals surface area contributed by atoms with Gasteiger partial charge in [0.1, 0.15) is 0 Å². The molecule has 3 nitrogen and oxygen atoms in total. The second-order valence-electron chi connectivity index (χ2n) is 5.76. The molecule has 2 aromatic carbocycles. The summed E-state index contributed by atoms with van der Waals surface area (Å²) in [5.41, 5.74) is 5.00. The van der Waals surface area contributed by atoms with Crippen LogP contribution in [0.2, 0.25) is 0 Å². The number of hydrogen-bond acceptors (Lipinski definition) is 3. The molecular weight excluding hydrogens is 286 g/mol. The maximum atomic E-state index is 11.9. The lowest BCUT2D eigenvalue weighted by molar-refractivity contribution is -0.130. The number of nitrogens with zero attached hydrogens (tertiary/aromatic N) is 1. The first-order chi connectivity index (χ1) is 11.1. The number of cyclic esters (lactones) is 1. The van der Waals surface area contributed by atoms with Crippen LogP contribution in [0.3, 0.4) is 0 Å². The predicted molar refractivity (Wildman–Crippen MR) is 92.2 cm³/mol. The van der Waals surface area contributed by atoms with E-state index in [0.29, 0.717) is 18.0 Å². The number of ether oxygens (including phenoxy) is 1. The van der Waals surface area contributed by atoms with E-state index in [1.807, 2.05) is 43.3 Å². The summed E-state index contributed by atoms with van der Waals surface area (Å²) in [7, 11) is 0. The van der Waals surface area contributed by atoms with E-state index >= 15 is 0 Å². The van der Waals surface area contributed by atoms with Crippen LogP contribution in [0.15, 0.2) is 59.2 Å². The lowest BCUT2D eigenvalue weighted by Crippen LogP contribution is -2.05. The quantitative estimate of drug-likeness (QED) is 0.626. The van der Waals surface area contributed by atoms with Crippen molar-refractivity contribution < 1.29 is 9.53 Å². The van der Waals surface area contributed by atoms with Crippen LogP contribution in [0.1, 0.15) is 28.7 Å². The minimum atomic E-state index is -0.370. The Balaban J connectivity index is 1.71. The monoisotopic (exact) mass is 305 g/mol. The molecule has 0 amide bonds. The van der Waals surface area contributed by atoms with E-state index in [1.54, 1.807) is 6.08 Å². The van der Waals surface area contributed by atoms with Gasteiger partial charge in [-0.15, -0.1) is 0 Å². The second-order valence-corrected chi connectivity index (χ2v) is 5.76. The maximum Gasteiger partial charge on any atom is 0.363 e. The van der Waals surface area contributed by atoms with Crippen molar-refractivity contribution in [2.45, 2.75) is 26.7 Å². The third kappa shape index (κ3) is 3.75. The molecule has 0 aromatic heterocycles. The summed E-state index contributed by atoms with van der Waals surface area (Å²) >= 11 is 0. The van der Waals surface area contributed by atoms with Gasteiger partial charge in [-0.25, -0.2) is 9.79 Å². The van der Waals surface area contributed by atoms with E-state index in [0.717, 1.165) is 12.0 Å². The van der Waals surface area contributed by atoms with E-state index < -0.39 is 0 Å². The minimum Gasteiger partial charge on any atom is -0.407 e. The van der Waals surface area contributed by atoms with Gasteiger partial charge in [0.05, 0.1) is 0 Å². The van der Waals surface area contributed by atoms with Crippen LogP contribution < -0.4 is 0 Å². The summed E-state index contributed by atoms with van der Waals surface area (Å²) in [4.78, 5) is 16.3. The molecule has 0 unspecified atom stereocenters. The first-order valence-electron chi connectivity index (χ1n) is 7.74. The molecule has 0 spiro atoms. The Hall–Kier alpha value is -2.68. The van der Waals surface area contributed by atoms with Gasteiger partial charge < -0.3 is 4.74 Å². The van der Waals surface area contributed by atoms with Crippen molar-refractivity contribution in [1.82, 2.24) is 0 Å². The number of carbonyl (C=O) groups is 1. The largest absolute Gasteiger partial charge is 0.407 e. The Bertz CT molecular complexity index is 786. The summed E-state index contributed by atoms with van der Waals surface area (Å²) < 4.78 is 5.27. The average Bonchev–Trinajstić information content (AvgIpc) is 2.89. The van der Waals surface area contributed by atoms with E-state index in [9.17, 15) is 4.79 Å². The maximum absolute atomic E-state index is 11.9. The highest BCUT2D eigenvalue weighted by Crippen LogP contribution is 2.19. The van der Waals surface area contributed by atoms with Gasteiger partial charge in [-0.2, -0.15) is 0 Å². The molecule has 0 saturated heterocycles. The summed E-state index contributed by atoms with van der Waals surface area (Å²) in [6.45, 7) is 4.11. The summed E-state index contributed by atoms with van der Waals surface area (Å²) in [5, 5.41) is 0. The summed E-state index contributed by atoms with van der Waals surface area (Å²) in [5.74, 6) is 0.127. The van der Waals surface area contributed by atoms with Gasteiger partial charge in [0, 0.05) is 6.42 Å². The van der Waals surface area contributed by atoms with Gasteiger partial charge in [-0.05, 0) is 43.0 Å². The highest BCUT2D eigenvalue weighted by Gasteiger charge is 2.22. The van der Waals surface area contributed by atoms with E-state index in [4.69, 9.17) is 4.74 Å². The third-order valence-electron chi connectivity index (χ3n) is 3.91. The Kier molecular flexibility index (Phi) is 4.38. The fourth-order valence-corrected chi connectivity index (χ4v) is 2.51. The number of benzene rings is 2. The van der Waals surface area contributed by atoms with E-state index in [-0.39, 0.29) is 5.97 Å².